The fourth-order valence-corrected chi connectivity index (χ4v) is 3.32. The monoisotopic (exact) mass is 395 g/mol. The van der Waals surface area contributed by atoms with Gasteiger partial charge < -0.3 is 16.0 Å². The number of primary amides is 1. The number of rotatable bonds is 4. The topological polar surface area (TPSA) is 101 Å². The van der Waals surface area contributed by atoms with E-state index in [1.807, 2.05) is 0 Å². The Kier molecular flexibility index (Phi) is 4.42. The number of anilines is 2. The lowest BCUT2D eigenvalue weighted by Gasteiger charge is -2.15. The largest absolute Gasteiger partial charge is 0.364 e. The van der Waals surface area contributed by atoms with E-state index in [0.717, 1.165) is 23.9 Å². The predicted molar refractivity (Wildman–Crippen MR) is 101 cm³/mol. The number of fused-ring (bicyclic) bond motifs is 1. The standard InChI is InChI=1S/C20H15F2N5O2/c1-27-9-10-7-11(5-6-12(10)20(27)29)25-17-13(8-24-26-18(17)19(23)28)16-14(21)3-2-4-15(16)22/h2-8H,9H2,1H3,(H2,23,28)(H,24,25). The van der Waals surface area contributed by atoms with E-state index in [-0.39, 0.29) is 28.4 Å². The quantitative estimate of drug-likeness (QED) is 0.707. The molecular weight excluding hydrogens is 380 g/mol. The normalized spacial score (nSPS) is 12.8. The van der Waals surface area contributed by atoms with Gasteiger partial charge >= 0.3 is 0 Å². The molecule has 7 nitrogen and oxygen atoms in total. The second kappa shape index (κ2) is 6.93. The van der Waals surface area contributed by atoms with Crippen molar-refractivity contribution in [1.82, 2.24) is 15.1 Å². The molecule has 0 spiro atoms. The highest BCUT2D eigenvalue weighted by atomic mass is 19.1. The minimum absolute atomic E-state index is 0.00177. The smallest absolute Gasteiger partial charge is 0.271 e. The molecule has 1 aromatic heterocycles. The average Bonchev–Trinajstić information content (AvgIpc) is 2.96. The number of hydrogen-bond donors (Lipinski definition) is 2. The fraction of sp³-hybridized carbons (Fsp3) is 0.100. The van der Waals surface area contributed by atoms with Gasteiger partial charge in [-0.1, -0.05) is 6.07 Å². The lowest BCUT2D eigenvalue weighted by Crippen LogP contribution is -2.17. The van der Waals surface area contributed by atoms with E-state index in [1.54, 1.807) is 30.1 Å². The number of nitrogens with zero attached hydrogens (tertiary/aromatic N) is 3. The minimum Gasteiger partial charge on any atom is -0.364 e. The third-order valence-electron chi connectivity index (χ3n) is 4.68. The molecule has 1 aliphatic heterocycles. The van der Waals surface area contributed by atoms with Gasteiger partial charge in [-0.25, -0.2) is 8.78 Å². The number of halogens is 2. The third-order valence-corrected chi connectivity index (χ3v) is 4.68. The van der Waals surface area contributed by atoms with Crippen molar-refractivity contribution in [3.8, 4) is 11.1 Å². The fourth-order valence-electron chi connectivity index (χ4n) is 3.32. The van der Waals surface area contributed by atoms with Gasteiger partial charge in [0.2, 0.25) is 0 Å². The Morgan fingerprint density at radius 2 is 1.90 bits per heavy atom. The summed E-state index contributed by atoms with van der Waals surface area (Å²) in [4.78, 5) is 25.5. The summed E-state index contributed by atoms with van der Waals surface area (Å²) in [6.07, 6.45) is 1.15. The van der Waals surface area contributed by atoms with Crippen LogP contribution in [0.2, 0.25) is 0 Å². The van der Waals surface area contributed by atoms with E-state index in [1.165, 1.54) is 6.07 Å². The Bertz CT molecular complexity index is 1150. The highest BCUT2D eigenvalue weighted by Crippen LogP contribution is 2.35. The summed E-state index contributed by atoms with van der Waals surface area (Å²) >= 11 is 0. The van der Waals surface area contributed by atoms with Crippen molar-refractivity contribution >= 4 is 23.2 Å². The lowest BCUT2D eigenvalue weighted by atomic mass is 10.0. The van der Waals surface area contributed by atoms with Gasteiger partial charge in [-0.05, 0) is 35.9 Å². The van der Waals surface area contributed by atoms with Crippen LogP contribution in [0.1, 0.15) is 26.4 Å². The number of amides is 2. The molecular formula is C20H15F2N5O2. The van der Waals surface area contributed by atoms with Crippen LogP contribution in [0.25, 0.3) is 11.1 Å². The molecule has 0 atom stereocenters. The van der Waals surface area contributed by atoms with Gasteiger partial charge in [0.1, 0.15) is 11.6 Å². The van der Waals surface area contributed by atoms with Crippen LogP contribution in [0.4, 0.5) is 20.2 Å². The van der Waals surface area contributed by atoms with Crippen LogP contribution in [0.5, 0.6) is 0 Å². The zero-order valence-corrected chi connectivity index (χ0v) is 15.2. The zero-order valence-electron chi connectivity index (χ0n) is 15.2. The Labute approximate surface area is 164 Å². The number of benzene rings is 2. The van der Waals surface area contributed by atoms with Crippen molar-refractivity contribution in [3.05, 3.63) is 71.1 Å². The second-order valence-corrected chi connectivity index (χ2v) is 6.60. The Hall–Kier alpha value is -3.88. The molecule has 2 aromatic carbocycles. The maximum atomic E-state index is 14.4. The van der Waals surface area contributed by atoms with Gasteiger partial charge in [-0.2, -0.15) is 5.10 Å². The first-order valence-electron chi connectivity index (χ1n) is 8.62. The number of aromatic nitrogens is 2. The van der Waals surface area contributed by atoms with E-state index in [9.17, 15) is 18.4 Å². The number of carbonyl (C=O) groups excluding carboxylic acids is 2. The Balaban J connectivity index is 1.85. The van der Waals surface area contributed by atoms with Crippen molar-refractivity contribution in [3.63, 3.8) is 0 Å². The summed E-state index contributed by atoms with van der Waals surface area (Å²) < 4.78 is 28.8. The summed E-state index contributed by atoms with van der Waals surface area (Å²) in [6.45, 7) is 0.426. The lowest BCUT2D eigenvalue weighted by molar-refractivity contribution is 0.0816. The maximum Gasteiger partial charge on any atom is 0.271 e. The minimum atomic E-state index is -0.908. The average molecular weight is 395 g/mol. The molecule has 0 saturated carbocycles. The van der Waals surface area contributed by atoms with Crippen molar-refractivity contribution in [2.24, 2.45) is 5.73 Å². The highest BCUT2D eigenvalue weighted by molar-refractivity contribution is 6.02. The molecule has 0 saturated heterocycles. The molecule has 146 valence electrons. The Morgan fingerprint density at radius 3 is 2.59 bits per heavy atom. The van der Waals surface area contributed by atoms with Crippen molar-refractivity contribution in [1.29, 1.82) is 0 Å². The van der Waals surface area contributed by atoms with Crippen LogP contribution in [-0.2, 0) is 6.54 Å². The zero-order chi connectivity index (χ0) is 20.7. The van der Waals surface area contributed by atoms with Gasteiger partial charge in [0.15, 0.2) is 5.69 Å². The summed E-state index contributed by atoms with van der Waals surface area (Å²) in [5, 5.41) is 10.4. The first-order valence-corrected chi connectivity index (χ1v) is 8.62. The van der Waals surface area contributed by atoms with Crippen LogP contribution in [0.3, 0.4) is 0 Å². The van der Waals surface area contributed by atoms with Gasteiger partial charge in [-0.15, -0.1) is 5.10 Å². The van der Waals surface area contributed by atoms with Gasteiger partial charge in [-0.3, -0.25) is 9.59 Å². The van der Waals surface area contributed by atoms with E-state index in [4.69, 9.17) is 5.73 Å². The molecule has 0 unspecified atom stereocenters. The molecule has 1 aliphatic rings. The summed E-state index contributed by atoms with van der Waals surface area (Å²) in [7, 11) is 1.69. The number of carbonyl (C=O) groups is 2. The molecule has 0 aliphatic carbocycles. The summed E-state index contributed by atoms with van der Waals surface area (Å²) in [5.41, 5.74) is 6.65. The van der Waals surface area contributed by atoms with Crippen molar-refractivity contribution in [2.75, 3.05) is 12.4 Å². The molecule has 4 rings (SSSR count). The van der Waals surface area contributed by atoms with Crippen LogP contribution in [-0.4, -0.2) is 34.0 Å². The third kappa shape index (κ3) is 3.16. The molecule has 2 amide bonds. The van der Waals surface area contributed by atoms with Crippen LogP contribution in [0, 0.1) is 11.6 Å². The number of nitrogens with two attached hydrogens (primary N) is 1. The second-order valence-electron chi connectivity index (χ2n) is 6.60. The van der Waals surface area contributed by atoms with Crippen LogP contribution in [0.15, 0.2) is 42.6 Å². The molecule has 3 N–H and O–H groups in total. The van der Waals surface area contributed by atoms with E-state index < -0.39 is 17.5 Å². The van der Waals surface area contributed by atoms with Crippen molar-refractivity contribution in [2.45, 2.75) is 6.54 Å². The molecule has 0 radical (unpaired) electrons. The first kappa shape index (κ1) is 18.5. The van der Waals surface area contributed by atoms with Crippen LogP contribution >= 0.6 is 0 Å². The molecule has 3 aromatic rings. The summed E-state index contributed by atoms with van der Waals surface area (Å²) in [5.74, 6) is -2.64. The maximum absolute atomic E-state index is 14.4. The number of nitrogens with one attached hydrogen (secondary N) is 1. The van der Waals surface area contributed by atoms with Gasteiger partial charge in [0.25, 0.3) is 11.8 Å². The van der Waals surface area contributed by atoms with Crippen molar-refractivity contribution < 1.29 is 18.4 Å². The van der Waals surface area contributed by atoms with E-state index in [0.29, 0.717) is 17.8 Å². The molecule has 0 fully saturated rings. The SMILES string of the molecule is CN1Cc2cc(Nc3c(-c4c(F)cccc4F)cnnc3C(N)=O)ccc2C1=O. The highest BCUT2D eigenvalue weighted by Gasteiger charge is 2.25. The molecule has 0 bridgehead atoms. The van der Waals surface area contributed by atoms with Crippen LogP contribution < -0.4 is 11.1 Å². The van der Waals surface area contributed by atoms with E-state index >= 15 is 0 Å². The van der Waals surface area contributed by atoms with E-state index in [2.05, 4.69) is 15.5 Å². The van der Waals surface area contributed by atoms with Gasteiger partial charge in [0.05, 0.1) is 17.4 Å². The molecule has 2 heterocycles. The predicted octanol–water partition coefficient (Wildman–Crippen LogP) is 2.85. The molecule has 9 heteroatoms. The Morgan fingerprint density at radius 1 is 1.17 bits per heavy atom. The molecule has 29 heavy (non-hydrogen) atoms. The first-order chi connectivity index (χ1) is 13.9. The number of hydrogen-bond acceptors (Lipinski definition) is 5. The van der Waals surface area contributed by atoms with Gasteiger partial charge in [0, 0.05) is 30.4 Å². The summed E-state index contributed by atoms with van der Waals surface area (Å²) in [6, 6.07) is 8.43.